The van der Waals surface area contributed by atoms with Crippen molar-refractivity contribution in [2.75, 3.05) is 19.6 Å². The molecule has 0 aromatic rings. The van der Waals surface area contributed by atoms with Crippen LogP contribution in [-0.4, -0.2) is 31.8 Å². The summed E-state index contributed by atoms with van der Waals surface area (Å²) in [6, 6.07) is 0.122. The highest BCUT2D eigenvalue weighted by molar-refractivity contribution is 4.88. The number of rotatable bonds is 2. The van der Waals surface area contributed by atoms with Crippen LogP contribution in [0.15, 0.2) is 0 Å². The van der Waals surface area contributed by atoms with Gasteiger partial charge in [-0.15, -0.1) is 0 Å². The molecule has 0 aromatic carbocycles. The molecule has 88 valence electrons. The summed E-state index contributed by atoms with van der Waals surface area (Å²) in [5.41, 5.74) is 0. The molecule has 2 heterocycles. The van der Waals surface area contributed by atoms with Crippen molar-refractivity contribution in [1.29, 1.82) is 0 Å². The van der Waals surface area contributed by atoms with Crippen molar-refractivity contribution in [2.24, 2.45) is 11.8 Å². The van der Waals surface area contributed by atoms with Crippen molar-refractivity contribution in [3.8, 4) is 0 Å². The van der Waals surface area contributed by atoms with E-state index in [1.165, 1.54) is 6.42 Å². The summed E-state index contributed by atoms with van der Waals surface area (Å²) in [5, 5.41) is 6.65. The van der Waals surface area contributed by atoms with E-state index in [0.717, 1.165) is 38.9 Å². The second-order valence-electron chi connectivity index (χ2n) is 5.22. The van der Waals surface area contributed by atoms with E-state index in [1.807, 2.05) is 0 Å². The second-order valence-corrected chi connectivity index (χ2v) is 5.22. The first-order chi connectivity index (χ1) is 7.27. The molecule has 0 aromatic heterocycles. The van der Waals surface area contributed by atoms with Gasteiger partial charge in [0.15, 0.2) is 0 Å². The quantitative estimate of drug-likeness (QED) is 0.731. The second kappa shape index (κ2) is 5.26. The fraction of sp³-hybridized carbons (Fsp3) is 1.00. The topological polar surface area (TPSA) is 24.1 Å². The number of halogens is 1. The Morgan fingerprint density at radius 1 is 1.13 bits per heavy atom. The van der Waals surface area contributed by atoms with Crippen LogP contribution in [0.25, 0.3) is 0 Å². The Morgan fingerprint density at radius 2 is 1.87 bits per heavy atom. The van der Waals surface area contributed by atoms with Crippen LogP contribution < -0.4 is 10.6 Å². The van der Waals surface area contributed by atoms with E-state index in [0.29, 0.717) is 5.92 Å². The molecule has 2 aliphatic heterocycles. The molecule has 0 radical (unpaired) electrons. The van der Waals surface area contributed by atoms with Crippen molar-refractivity contribution in [2.45, 2.75) is 44.8 Å². The lowest BCUT2D eigenvalue weighted by Crippen LogP contribution is -2.48. The first kappa shape index (κ1) is 11.3. The van der Waals surface area contributed by atoms with Crippen LogP contribution in [-0.2, 0) is 0 Å². The van der Waals surface area contributed by atoms with Crippen molar-refractivity contribution >= 4 is 0 Å². The Morgan fingerprint density at radius 3 is 2.53 bits per heavy atom. The maximum Gasteiger partial charge on any atom is 0.118 e. The van der Waals surface area contributed by atoms with Gasteiger partial charge in [-0.1, -0.05) is 6.92 Å². The maximum absolute atomic E-state index is 14.3. The van der Waals surface area contributed by atoms with Crippen LogP contribution in [0.2, 0.25) is 0 Å². The molecule has 0 spiro atoms. The van der Waals surface area contributed by atoms with Gasteiger partial charge in [-0.2, -0.15) is 0 Å². The largest absolute Gasteiger partial charge is 0.317 e. The highest BCUT2D eigenvalue weighted by Crippen LogP contribution is 2.27. The third-order valence-corrected chi connectivity index (χ3v) is 3.92. The molecule has 3 unspecified atom stereocenters. The highest BCUT2D eigenvalue weighted by atomic mass is 19.1. The van der Waals surface area contributed by atoms with Gasteiger partial charge in [-0.3, -0.25) is 0 Å². The molecule has 3 heteroatoms. The van der Waals surface area contributed by atoms with E-state index in [-0.39, 0.29) is 12.0 Å². The van der Waals surface area contributed by atoms with E-state index in [1.54, 1.807) is 0 Å². The van der Waals surface area contributed by atoms with Gasteiger partial charge in [-0.05, 0) is 57.2 Å². The Labute approximate surface area is 92.0 Å². The monoisotopic (exact) mass is 214 g/mol. The van der Waals surface area contributed by atoms with Gasteiger partial charge in [0.1, 0.15) is 6.17 Å². The lowest BCUT2D eigenvalue weighted by Gasteiger charge is -2.35. The normalized spacial score (nSPS) is 36.4. The molecule has 3 atom stereocenters. The van der Waals surface area contributed by atoms with Gasteiger partial charge < -0.3 is 10.6 Å². The number of hydrogen-bond donors (Lipinski definition) is 2. The van der Waals surface area contributed by atoms with Crippen LogP contribution in [0, 0.1) is 11.8 Å². The minimum absolute atomic E-state index is 0.122. The number of alkyl halides is 1. The highest BCUT2D eigenvalue weighted by Gasteiger charge is 2.32. The van der Waals surface area contributed by atoms with Gasteiger partial charge in [0.2, 0.25) is 0 Å². The van der Waals surface area contributed by atoms with Gasteiger partial charge in [0, 0.05) is 6.04 Å². The van der Waals surface area contributed by atoms with E-state index in [9.17, 15) is 4.39 Å². The van der Waals surface area contributed by atoms with Crippen LogP contribution in [0.3, 0.4) is 0 Å². The summed E-state index contributed by atoms with van der Waals surface area (Å²) in [4.78, 5) is 0. The smallest absolute Gasteiger partial charge is 0.118 e. The lowest BCUT2D eigenvalue weighted by molar-refractivity contribution is 0.114. The summed E-state index contributed by atoms with van der Waals surface area (Å²) < 4.78 is 14.3. The minimum atomic E-state index is -0.630. The molecule has 0 bridgehead atoms. The molecule has 2 fully saturated rings. The zero-order valence-electron chi connectivity index (χ0n) is 9.64. The average Bonchev–Trinajstić information content (AvgIpc) is 2.29. The van der Waals surface area contributed by atoms with Gasteiger partial charge in [0.25, 0.3) is 0 Å². The fourth-order valence-electron chi connectivity index (χ4n) is 2.88. The van der Waals surface area contributed by atoms with Crippen molar-refractivity contribution in [3.63, 3.8) is 0 Å². The van der Waals surface area contributed by atoms with E-state index in [2.05, 4.69) is 17.6 Å². The Hall–Kier alpha value is -0.150. The molecule has 0 aliphatic carbocycles. The van der Waals surface area contributed by atoms with E-state index >= 15 is 0 Å². The van der Waals surface area contributed by atoms with Gasteiger partial charge in [0.05, 0.1) is 0 Å². The standard InChI is InChI=1S/C12H23FN2/c1-9-2-7-15-11(8-9)12(13)10-3-5-14-6-4-10/h9-12,14-15H,2-8H2,1H3. The minimum Gasteiger partial charge on any atom is -0.317 e. The molecule has 2 nitrogen and oxygen atoms in total. The van der Waals surface area contributed by atoms with Crippen LogP contribution in [0.5, 0.6) is 0 Å². The van der Waals surface area contributed by atoms with Gasteiger partial charge >= 0.3 is 0 Å². The Kier molecular flexibility index (Phi) is 3.98. The van der Waals surface area contributed by atoms with Gasteiger partial charge in [-0.25, -0.2) is 4.39 Å². The summed E-state index contributed by atoms with van der Waals surface area (Å²) in [6.07, 6.45) is 3.61. The van der Waals surface area contributed by atoms with Crippen molar-refractivity contribution < 1.29 is 4.39 Å². The zero-order valence-corrected chi connectivity index (χ0v) is 9.64. The van der Waals surface area contributed by atoms with E-state index in [4.69, 9.17) is 0 Å². The molecule has 0 amide bonds. The molecular formula is C12H23FN2. The molecule has 2 rings (SSSR count). The van der Waals surface area contributed by atoms with Crippen molar-refractivity contribution in [1.82, 2.24) is 10.6 Å². The Bertz CT molecular complexity index is 192. The predicted molar refractivity (Wildman–Crippen MR) is 60.7 cm³/mol. The summed E-state index contributed by atoms with van der Waals surface area (Å²) in [6.45, 7) is 5.22. The summed E-state index contributed by atoms with van der Waals surface area (Å²) in [5.74, 6) is 0.977. The van der Waals surface area contributed by atoms with Crippen LogP contribution >= 0.6 is 0 Å². The molecule has 2 aliphatic rings. The maximum atomic E-state index is 14.3. The first-order valence-corrected chi connectivity index (χ1v) is 6.35. The number of piperidine rings is 2. The summed E-state index contributed by atoms with van der Waals surface area (Å²) in [7, 11) is 0. The third-order valence-electron chi connectivity index (χ3n) is 3.92. The van der Waals surface area contributed by atoms with Crippen molar-refractivity contribution in [3.05, 3.63) is 0 Å². The first-order valence-electron chi connectivity index (χ1n) is 6.35. The Balaban J connectivity index is 1.85. The fourth-order valence-corrected chi connectivity index (χ4v) is 2.88. The summed E-state index contributed by atoms with van der Waals surface area (Å²) >= 11 is 0. The molecular weight excluding hydrogens is 191 g/mol. The zero-order chi connectivity index (χ0) is 10.7. The van der Waals surface area contributed by atoms with Crippen LogP contribution in [0.1, 0.15) is 32.6 Å². The number of nitrogens with one attached hydrogen (secondary N) is 2. The van der Waals surface area contributed by atoms with E-state index < -0.39 is 6.17 Å². The SMILES string of the molecule is CC1CCNC(C(F)C2CCNCC2)C1. The number of hydrogen-bond acceptors (Lipinski definition) is 2. The average molecular weight is 214 g/mol. The van der Waals surface area contributed by atoms with Crippen LogP contribution in [0.4, 0.5) is 4.39 Å². The molecule has 0 saturated carbocycles. The predicted octanol–water partition coefficient (Wildman–Crippen LogP) is 1.71. The lowest BCUT2D eigenvalue weighted by atomic mass is 9.83. The molecule has 2 saturated heterocycles. The third kappa shape index (κ3) is 2.91. The molecule has 15 heavy (non-hydrogen) atoms. The molecule has 2 N–H and O–H groups in total.